The SMILES string of the molecule is O=C(CNC(=O)C12CC3CC(CC(C3)C1)C2)OCCCC(=O)c1ccc(F)cc1. The number of esters is 1. The molecule has 0 heterocycles. The van der Waals surface area contributed by atoms with E-state index in [1.165, 1.54) is 43.5 Å². The predicted octanol–water partition coefficient (Wildman–Crippen LogP) is 3.66. The topological polar surface area (TPSA) is 72.5 Å². The molecule has 1 aromatic rings. The first-order valence-electron chi connectivity index (χ1n) is 10.7. The first-order chi connectivity index (χ1) is 13.9. The Morgan fingerprint density at radius 3 is 2.17 bits per heavy atom. The van der Waals surface area contributed by atoms with Crippen molar-refractivity contribution in [2.75, 3.05) is 13.2 Å². The molecule has 0 atom stereocenters. The molecule has 4 saturated carbocycles. The van der Waals surface area contributed by atoms with Crippen LogP contribution in [0.4, 0.5) is 4.39 Å². The number of carbonyl (C=O) groups excluding carboxylic acids is 3. The molecule has 1 N–H and O–H groups in total. The normalized spacial score (nSPS) is 29.5. The van der Waals surface area contributed by atoms with E-state index in [-0.39, 0.29) is 42.5 Å². The maximum absolute atomic E-state index is 12.9. The number of hydrogen-bond donors (Lipinski definition) is 1. The van der Waals surface area contributed by atoms with Crippen molar-refractivity contribution in [1.82, 2.24) is 5.32 Å². The maximum Gasteiger partial charge on any atom is 0.325 e. The minimum Gasteiger partial charge on any atom is -0.464 e. The molecule has 1 aromatic carbocycles. The zero-order valence-electron chi connectivity index (χ0n) is 16.6. The number of nitrogens with one attached hydrogen (secondary N) is 1. The number of ether oxygens (including phenoxy) is 1. The monoisotopic (exact) mass is 401 g/mol. The second kappa shape index (κ2) is 8.25. The van der Waals surface area contributed by atoms with Crippen molar-refractivity contribution in [3.8, 4) is 0 Å². The summed E-state index contributed by atoms with van der Waals surface area (Å²) >= 11 is 0. The van der Waals surface area contributed by atoms with Crippen LogP contribution in [0.2, 0.25) is 0 Å². The fourth-order valence-corrected chi connectivity index (χ4v) is 5.98. The third-order valence-electron chi connectivity index (χ3n) is 6.89. The van der Waals surface area contributed by atoms with Crippen molar-refractivity contribution in [3.05, 3.63) is 35.6 Å². The average Bonchev–Trinajstić information content (AvgIpc) is 2.68. The number of hydrogen-bond acceptors (Lipinski definition) is 4. The van der Waals surface area contributed by atoms with Crippen molar-refractivity contribution >= 4 is 17.7 Å². The van der Waals surface area contributed by atoms with Crippen LogP contribution in [0.25, 0.3) is 0 Å². The van der Waals surface area contributed by atoms with E-state index >= 15 is 0 Å². The van der Waals surface area contributed by atoms with Gasteiger partial charge in [-0.2, -0.15) is 0 Å². The van der Waals surface area contributed by atoms with Gasteiger partial charge in [0.15, 0.2) is 5.78 Å². The van der Waals surface area contributed by atoms with E-state index in [1.807, 2.05) is 0 Å². The second-order valence-corrected chi connectivity index (χ2v) is 9.13. The third kappa shape index (κ3) is 4.51. The van der Waals surface area contributed by atoms with E-state index in [9.17, 15) is 18.8 Å². The lowest BCUT2D eigenvalue weighted by atomic mass is 9.49. The van der Waals surface area contributed by atoms with Gasteiger partial charge in [0.1, 0.15) is 12.4 Å². The fraction of sp³-hybridized carbons (Fsp3) is 0.609. The molecule has 4 bridgehead atoms. The van der Waals surface area contributed by atoms with Gasteiger partial charge < -0.3 is 10.1 Å². The number of carbonyl (C=O) groups is 3. The standard InChI is InChI=1S/C23H28FNO4/c24-19-5-3-18(4-6-19)20(26)2-1-7-29-21(27)14-25-22(28)23-11-15-8-16(12-23)10-17(9-15)13-23/h3-6,15-17H,1-2,7-14H2,(H,25,28). The van der Waals surface area contributed by atoms with E-state index in [4.69, 9.17) is 4.74 Å². The Kier molecular flexibility index (Phi) is 5.70. The van der Waals surface area contributed by atoms with Crippen LogP contribution >= 0.6 is 0 Å². The maximum atomic E-state index is 12.9. The van der Waals surface area contributed by atoms with E-state index in [2.05, 4.69) is 5.32 Å². The largest absolute Gasteiger partial charge is 0.464 e. The highest BCUT2D eigenvalue weighted by molar-refractivity contribution is 5.96. The molecule has 0 unspecified atom stereocenters. The predicted molar refractivity (Wildman–Crippen MR) is 105 cm³/mol. The lowest BCUT2D eigenvalue weighted by molar-refractivity contribution is -0.151. The van der Waals surface area contributed by atoms with Crippen LogP contribution in [0.15, 0.2) is 24.3 Å². The lowest BCUT2D eigenvalue weighted by Gasteiger charge is -2.55. The van der Waals surface area contributed by atoms with Gasteiger partial charge in [0, 0.05) is 17.4 Å². The summed E-state index contributed by atoms with van der Waals surface area (Å²) in [7, 11) is 0. The van der Waals surface area contributed by atoms with Crippen LogP contribution < -0.4 is 5.32 Å². The van der Waals surface area contributed by atoms with Crippen molar-refractivity contribution < 1.29 is 23.5 Å². The summed E-state index contributed by atoms with van der Waals surface area (Å²) in [5, 5.41) is 2.80. The number of ketones is 1. The molecular formula is C23H28FNO4. The summed E-state index contributed by atoms with van der Waals surface area (Å²) in [5.41, 5.74) is 0.178. The van der Waals surface area contributed by atoms with E-state index < -0.39 is 5.97 Å². The van der Waals surface area contributed by atoms with Crippen molar-refractivity contribution in [2.24, 2.45) is 23.2 Å². The number of halogens is 1. The van der Waals surface area contributed by atoms with Gasteiger partial charge in [0.25, 0.3) is 0 Å². The highest BCUT2D eigenvalue weighted by atomic mass is 19.1. The molecule has 1 amide bonds. The first kappa shape index (κ1) is 20.0. The molecule has 6 heteroatoms. The summed E-state index contributed by atoms with van der Waals surface area (Å²) in [5.74, 6) is 1.08. The molecule has 4 aliphatic carbocycles. The number of rotatable bonds is 8. The molecule has 5 rings (SSSR count). The fourth-order valence-electron chi connectivity index (χ4n) is 5.98. The molecule has 0 saturated heterocycles. The molecule has 0 spiro atoms. The summed E-state index contributed by atoms with van der Waals surface area (Å²) in [4.78, 5) is 36.8. The summed E-state index contributed by atoms with van der Waals surface area (Å²) in [6.45, 7) is 0.00545. The third-order valence-corrected chi connectivity index (χ3v) is 6.89. The van der Waals surface area contributed by atoms with E-state index in [0.717, 1.165) is 19.3 Å². The van der Waals surface area contributed by atoms with Crippen molar-refractivity contribution in [1.29, 1.82) is 0 Å². The number of benzene rings is 1. The molecule has 0 aromatic heterocycles. The minimum atomic E-state index is -0.475. The van der Waals surface area contributed by atoms with Gasteiger partial charge in [0.2, 0.25) is 5.91 Å². The molecular weight excluding hydrogens is 373 g/mol. The minimum absolute atomic E-state index is 0.0139. The molecule has 0 aliphatic heterocycles. The smallest absolute Gasteiger partial charge is 0.325 e. The zero-order chi connectivity index (χ0) is 20.4. The molecule has 5 nitrogen and oxygen atoms in total. The Labute approximate surface area is 170 Å². The summed E-state index contributed by atoms with van der Waals surface area (Å²) < 4.78 is 18.0. The van der Waals surface area contributed by atoms with Crippen LogP contribution in [0.5, 0.6) is 0 Å². The van der Waals surface area contributed by atoms with Gasteiger partial charge >= 0.3 is 5.97 Å². The van der Waals surface area contributed by atoms with Gasteiger partial charge in [-0.15, -0.1) is 0 Å². The first-order valence-corrected chi connectivity index (χ1v) is 10.7. The highest BCUT2D eigenvalue weighted by Crippen LogP contribution is 2.60. The quantitative estimate of drug-likeness (QED) is 0.410. The number of amides is 1. The van der Waals surface area contributed by atoms with E-state index in [0.29, 0.717) is 29.7 Å². The Balaban J connectivity index is 1.16. The second-order valence-electron chi connectivity index (χ2n) is 9.13. The van der Waals surface area contributed by atoms with Crippen LogP contribution in [0.1, 0.15) is 61.7 Å². The summed E-state index contributed by atoms with van der Waals surface area (Å²) in [6.07, 6.45) is 7.31. The summed E-state index contributed by atoms with van der Waals surface area (Å²) in [6, 6.07) is 5.40. The average molecular weight is 401 g/mol. The van der Waals surface area contributed by atoms with Crippen LogP contribution in [0, 0.1) is 29.0 Å². The lowest BCUT2D eigenvalue weighted by Crippen LogP contribution is -2.54. The molecule has 29 heavy (non-hydrogen) atoms. The number of Topliss-reactive ketones (excluding diaryl/α,β-unsaturated/α-hetero) is 1. The Bertz CT molecular complexity index is 753. The van der Waals surface area contributed by atoms with E-state index in [1.54, 1.807) is 0 Å². The highest BCUT2D eigenvalue weighted by Gasteiger charge is 2.54. The van der Waals surface area contributed by atoms with Gasteiger partial charge in [-0.05, 0) is 87.0 Å². The van der Waals surface area contributed by atoms with Gasteiger partial charge in [-0.1, -0.05) is 0 Å². The Morgan fingerprint density at radius 1 is 1.00 bits per heavy atom. The van der Waals surface area contributed by atoms with Crippen molar-refractivity contribution in [2.45, 2.75) is 51.4 Å². The molecule has 4 aliphatic rings. The Hall–Kier alpha value is -2.24. The van der Waals surface area contributed by atoms with Crippen LogP contribution in [0.3, 0.4) is 0 Å². The molecule has 156 valence electrons. The van der Waals surface area contributed by atoms with Crippen LogP contribution in [-0.4, -0.2) is 30.8 Å². The van der Waals surface area contributed by atoms with Gasteiger partial charge in [0.05, 0.1) is 6.61 Å². The van der Waals surface area contributed by atoms with Crippen LogP contribution in [-0.2, 0) is 14.3 Å². The molecule has 4 fully saturated rings. The molecule has 0 radical (unpaired) electrons. The van der Waals surface area contributed by atoms with Crippen molar-refractivity contribution in [3.63, 3.8) is 0 Å². The Morgan fingerprint density at radius 2 is 1.59 bits per heavy atom. The van der Waals surface area contributed by atoms with Gasteiger partial charge in [-0.3, -0.25) is 14.4 Å². The zero-order valence-corrected chi connectivity index (χ0v) is 16.6. The van der Waals surface area contributed by atoms with Gasteiger partial charge in [-0.25, -0.2) is 4.39 Å².